The molecule has 0 heterocycles. The molecule has 0 amide bonds. The fraction of sp³-hybridized carbons (Fsp3) is 0.143. The molecule has 0 aliphatic rings. The lowest BCUT2D eigenvalue weighted by Crippen LogP contribution is -2.14. The highest BCUT2D eigenvalue weighted by atomic mass is 32.3. The second-order valence-corrected chi connectivity index (χ2v) is 4.60. The first-order valence-corrected chi connectivity index (χ1v) is 5.72. The summed E-state index contributed by atoms with van der Waals surface area (Å²) < 4.78 is 72.0. The zero-order valence-corrected chi connectivity index (χ0v) is 9.74. The predicted octanol–water partition coefficient (Wildman–Crippen LogP) is 2.18. The van der Waals surface area contributed by atoms with Crippen molar-refractivity contribution in [1.29, 1.82) is 0 Å². The van der Waals surface area contributed by atoms with Crippen LogP contribution < -0.4 is 0 Å². The summed E-state index contributed by atoms with van der Waals surface area (Å²) >= 11 is 0. The molecule has 0 atom stereocenters. The molecule has 1 aromatic rings. The Morgan fingerprint density at radius 2 is 1.55 bits per heavy atom. The van der Waals surface area contributed by atoms with Crippen LogP contribution in [0.15, 0.2) is 17.0 Å². The summed E-state index contributed by atoms with van der Waals surface area (Å²) in [5.41, 5.74) is -5.69. The minimum Gasteiger partial charge on any atom is -0.258 e. The first kappa shape index (κ1) is 15.7. The van der Waals surface area contributed by atoms with Gasteiger partial charge in [0.25, 0.3) is 11.4 Å². The van der Waals surface area contributed by atoms with Gasteiger partial charge in [-0.15, -0.1) is 3.89 Å². The van der Waals surface area contributed by atoms with Crippen LogP contribution in [-0.4, -0.2) is 18.3 Å². The number of nitro benzene ring substituents is 2. The molecule has 0 spiro atoms. The highest BCUT2D eigenvalue weighted by Gasteiger charge is 2.46. The normalized spacial score (nSPS) is 12.2. The van der Waals surface area contributed by atoms with Gasteiger partial charge in [0.2, 0.25) is 0 Å². The standard InChI is InChI=1S/C7H2F4N2O6S/c8-7(9,10)6-4(13(16)17)1-3(12(14)15)2-5(6)20(11,18)19/h1-2H. The smallest absolute Gasteiger partial charge is 0.258 e. The SMILES string of the molecule is O=[N+]([O-])c1cc([N+](=O)[O-])c(C(F)(F)F)c(S(=O)(=O)F)c1. The number of halogens is 4. The number of nitrogens with zero attached hydrogens (tertiary/aromatic N) is 2. The van der Waals surface area contributed by atoms with Gasteiger partial charge in [0.05, 0.1) is 15.9 Å². The number of rotatable bonds is 3. The van der Waals surface area contributed by atoms with Crippen molar-refractivity contribution in [2.75, 3.05) is 0 Å². The van der Waals surface area contributed by atoms with E-state index in [4.69, 9.17) is 0 Å². The summed E-state index contributed by atoms with van der Waals surface area (Å²) in [4.78, 5) is 15.6. The minimum absolute atomic E-state index is 0.0997. The van der Waals surface area contributed by atoms with Crippen LogP contribution in [-0.2, 0) is 16.4 Å². The van der Waals surface area contributed by atoms with Crippen LogP contribution in [0.3, 0.4) is 0 Å². The van der Waals surface area contributed by atoms with Crippen molar-refractivity contribution < 1.29 is 35.3 Å². The van der Waals surface area contributed by atoms with E-state index in [1.165, 1.54) is 0 Å². The highest BCUT2D eigenvalue weighted by Crippen LogP contribution is 2.42. The molecule has 20 heavy (non-hydrogen) atoms. The van der Waals surface area contributed by atoms with E-state index in [1.807, 2.05) is 0 Å². The van der Waals surface area contributed by atoms with Gasteiger partial charge in [-0.25, -0.2) is 0 Å². The van der Waals surface area contributed by atoms with Crippen molar-refractivity contribution in [2.24, 2.45) is 0 Å². The van der Waals surface area contributed by atoms with Gasteiger partial charge in [0.15, 0.2) is 5.56 Å². The molecule has 0 radical (unpaired) electrons. The van der Waals surface area contributed by atoms with E-state index >= 15 is 0 Å². The monoisotopic (exact) mass is 318 g/mol. The summed E-state index contributed by atoms with van der Waals surface area (Å²) in [7, 11) is -6.06. The van der Waals surface area contributed by atoms with Gasteiger partial charge in [-0.1, -0.05) is 0 Å². The highest BCUT2D eigenvalue weighted by molar-refractivity contribution is 7.86. The first-order chi connectivity index (χ1) is 8.85. The Kier molecular flexibility index (Phi) is 3.67. The summed E-state index contributed by atoms with van der Waals surface area (Å²) in [6.07, 6.45) is -5.59. The van der Waals surface area contributed by atoms with Gasteiger partial charge in [-0.05, 0) is 0 Å². The fourth-order valence-electron chi connectivity index (χ4n) is 1.31. The maximum Gasteiger partial charge on any atom is 0.424 e. The lowest BCUT2D eigenvalue weighted by molar-refractivity contribution is -0.396. The molecular weight excluding hydrogens is 316 g/mol. The van der Waals surface area contributed by atoms with Gasteiger partial charge in [-0.3, -0.25) is 20.2 Å². The topological polar surface area (TPSA) is 120 Å². The molecule has 0 saturated heterocycles. The van der Waals surface area contributed by atoms with Crippen molar-refractivity contribution in [1.82, 2.24) is 0 Å². The van der Waals surface area contributed by atoms with E-state index < -0.39 is 48.1 Å². The molecule has 1 aromatic carbocycles. The van der Waals surface area contributed by atoms with Gasteiger partial charge in [0.1, 0.15) is 4.90 Å². The van der Waals surface area contributed by atoms with Gasteiger partial charge in [0, 0.05) is 6.07 Å². The third-order valence-corrected chi connectivity index (χ3v) is 2.87. The van der Waals surface area contributed by atoms with E-state index in [1.54, 1.807) is 0 Å². The molecule has 1 rings (SSSR count). The number of hydrogen-bond acceptors (Lipinski definition) is 6. The number of nitro groups is 2. The Morgan fingerprint density at radius 3 is 1.85 bits per heavy atom. The summed E-state index contributed by atoms with van der Waals surface area (Å²) in [6.45, 7) is 0. The van der Waals surface area contributed by atoms with Gasteiger partial charge < -0.3 is 0 Å². The molecule has 0 aliphatic carbocycles. The first-order valence-electron chi connectivity index (χ1n) is 4.34. The van der Waals surface area contributed by atoms with Crippen molar-refractivity contribution in [3.8, 4) is 0 Å². The van der Waals surface area contributed by atoms with Crippen LogP contribution in [0.2, 0.25) is 0 Å². The van der Waals surface area contributed by atoms with Crippen LogP contribution in [0.4, 0.5) is 28.4 Å². The molecule has 0 fully saturated rings. The van der Waals surface area contributed by atoms with Crippen LogP contribution in [0, 0.1) is 20.2 Å². The van der Waals surface area contributed by atoms with Gasteiger partial charge >= 0.3 is 16.4 Å². The second-order valence-electron chi connectivity index (χ2n) is 3.29. The van der Waals surface area contributed by atoms with E-state index in [-0.39, 0.29) is 12.1 Å². The Balaban J connectivity index is 3.97. The molecule has 0 aliphatic heterocycles. The molecule has 0 unspecified atom stereocenters. The molecule has 0 aromatic heterocycles. The van der Waals surface area contributed by atoms with Crippen LogP contribution >= 0.6 is 0 Å². The molecule has 8 nitrogen and oxygen atoms in total. The molecule has 0 N–H and O–H groups in total. The number of alkyl halides is 3. The Morgan fingerprint density at radius 1 is 1.05 bits per heavy atom. The predicted molar refractivity (Wildman–Crippen MR) is 53.0 cm³/mol. The molecular formula is C7H2F4N2O6S. The zero-order valence-electron chi connectivity index (χ0n) is 8.92. The van der Waals surface area contributed by atoms with Crippen molar-refractivity contribution in [2.45, 2.75) is 11.1 Å². The van der Waals surface area contributed by atoms with E-state index in [0.29, 0.717) is 0 Å². The van der Waals surface area contributed by atoms with Crippen LogP contribution in [0.1, 0.15) is 5.56 Å². The summed E-state index contributed by atoms with van der Waals surface area (Å²) in [6, 6.07) is -0.331. The third-order valence-electron chi connectivity index (χ3n) is 2.02. The molecule has 0 saturated carbocycles. The quantitative estimate of drug-likeness (QED) is 0.364. The van der Waals surface area contributed by atoms with E-state index in [2.05, 4.69) is 0 Å². The largest absolute Gasteiger partial charge is 0.424 e. The average Bonchev–Trinajstić information content (AvgIpc) is 2.24. The van der Waals surface area contributed by atoms with Crippen LogP contribution in [0.5, 0.6) is 0 Å². The van der Waals surface area contributed by atoms with Crippen molar-refractivity contribution >= 4 is 21.6 Å². The lowest BCUT2D eigenvalue weighted by Gasteiger charge is -2.10. The molecule has 0 bridgehead atoms. The van der Waals surface area contributed by atoms with E-state index in [0.717, 1.165) is 0 Å². The number of benzene rings is 1. The lowest BCUT2D eigenvalue weighted by atomic mass is 10.1. The maximum atomic E-state index is 12.8. The number of non-ortho nitro benzene ring substituents is 1. The Bertz CT molecular complexity index is 698. The number of hydrogen-bond donors (Lipinski definition) is 0. The maximum absolute atomic E-state index is 12.8. The van der Waals surface area contributed by atoms with E-state index in [9.17, 15) is 45.7 Å². The van der Waals surface area contributed by atoms with Gasteiger partial charge in [-0.2, -0.15) is 21.6 Å². The summed E-state index contributed by atoms with van der Waals surface area (Å²) in [5, 5.41) is 20.9. The molecule has 13 heteroatoms. The Hall–Kier alpha value is -2.31. The Labute approximate surface area is 107 Å². The van der Waals surface area contributed by atoms with Crippen molar-refractivity contribution in [3.05, 3.63) is 37.9 Å². The summed E-state index contributed by atoms with van der Waals surface area (Å²) in [5.74, 6) is 0. The average molecular weight is 318 g/mol. The fourth-order valence-corrected chi connectivity index (χ4v) is 2.04. The van der Waals surface area contributed by atoms with Crippen LogP contribution in [0.25, 0.3) is 0 Å². The minimum atomic E-state index is -6.06. The molecule has 110 valence electrons. The second kappa shape index (κ2) is 4.66. The zero-order chi connectivity index (χ0) is 15.9. The van der Waals surface area contributed by atoms with Crippen molar-refractivity contribution in [3.63, 3.8) is 0 Å². The third kappa shape index (κ3) is 2.98.